The van der Waals surface area contributed by atoms with E-state index in [0.29, 0.717) is 23.0 Å². The standard InChI is InChI=1S/C22H21ClN2O5S/c1-29-19-8-2-16(3-9-19)14-24-22(26)15-30-20-10-12-21(13-11-20)31(27,28)25-18-6-4-17(23)5-7-18/h2-13,25H,14-15H2,1H3,(H,24,26). The van der Waals surface area contributed by atoms with E-state index in [-0.39, 0.29) is 17.4 Å². The van der Waals surface area contributed by atoms with Gasteiger partial charge in [-0.1, -0.05) is 23.7 Å². The summed E-state index contributed by atoms with van der Waals surface area (Å²) in [6, 6.07) is 19.5. The number of rotatable bonds is 9. The van der Waals surface area contributed by atoms with Crippen molar-refractivity contribution < 1.29 is 22.7 Å². The molecule has 0 aliphatic carbocycles. The maximum Gasteiger partial charge on any atom is 0.261 e. The summed E-state index contributed by atoms with van der Waals surface area (Å²) < 4.78 is 37.9. The first-order valence-electron chi connectivity index (χ1n) is 9.26. The number of sulfonamides is 1. The Bertz CT molecular complexity index is 1120. The molecule has 31 heavy (non-hydrogen) atoms. The maximum atomic E-state index is 12.5. The SMILES string of the molecule is COc1ccc(CNC(=O)COc2ccc(S(=O)(=O)Nc3ccc(Cl)cc3)cc2)cc1. The number of methoxy groups -OCH3 is 1. The molecule has 0 heterocycles. The Hall–Kier alpha value is -3.23. The summed E-state index contributed by atoms with van der Waals surface area (Å²) >= 11 is 5.81. The fourth-order valence-electron chi connectivity index (χ4n) is 2.59. The van der Waals surface area contributed by atoms with Gasteiger partial charge in [0.05, 0.1) is 12.0 Å². The van der Waals surface area contributed by atoms with Gasteiger partial charge >= 0.3 is 0 Å². The van der Waals surface area contributed by atoms with Crippen molar-refractivity contribution in [1.29, 1.82) is 0 Å². The van der Waals surface area contributed by atoms with Crippen molar-refractivity contribution in [1.82, 2.24) is 5.32 Å². The predicted octanol–water partition coefficient (Wildman–Crippen LogP) is 3.84. The molecule has 0 fully saturated rings. The molecule has 7 nitrogen and oxygen atoms in total. The Balaban J connectivity index is 1.50. The van der Waals surface area contributed by atoms with E-state index < -0.39 is 10.0 Å². The first-order valence-corrected chi connectivity index (χ1v) is 11.1. The van der Waals surface area contributed by atoms with Crippen molar-refractivity contribution in [3.05, 3.63) is 83.4 Å². The van der Waals surface area contributed by atoms with E-state index >= 15 is 0 Å². The molecule has 0 bridgehead atoms. The Morgan fingerprint density at radius 3 is 2.13 bits per heavy atom. The van der Waals surface area contributed by atoms with Crippen LogP contribution in [0.15, 0.2) is 77.7 Å². The highest BCUT2D eigenvalue weighted by molar-refractivity contribution is 7.92. The lowest BCUT2D eigenvalue weighted by molar-refractivity contribution is -0.123. The third kappa shape index (κ3) is 6.63. The molecule has 0 aliphatic rings. The average molecular weight is 461 g/mol. The highest BCUT2D eigenvalue weighted by atomic mass is 35.5. The van der Waals surface area contributed by atoms with Gasteiger partial charge in [0, 0.05) is 17.3 Å². The van der Waals surface area contributed by atoms with Gasteiger partial charge in [-0.05, 0) is 66.2 Å². The minimum atomic E-state index is -3.76. The van der Waals surface area contributed by atoms with E-state index in [0.717, 1.165) is 11.3 Å². The number of carbonyl (C=O) groups excluding carboxylic acids is 1. The van der Waals surface area contributed by atoms with Crippen LogP contribution in [-0.2, 0) is 21.4 Å². The molecule has 3 aromatic rings. The van der Waals surface area contributed by atoms with E-state index in [2.05, 4.69) is 10.0 Å². The molecule has 3 aromatic carbocycles. The molecule has 0 atom stereocenters. The smallest absolute Gasteiger partial charge is 0.261 e. The van der Waals surface area contributed by atoms with Crippen LogP contribution in [0.3, 0.4) is 0 Å². The lowest BCUT2D eigenvalue weighted by Crippen LogP contribution is -2.28. The predicted molar refractivity (Wildman–Crippen MR) is 119 cm³/mol. The first kappa shape index (κ1) is 22.5. The highest BCUT2D eigenvalue weighted by Crippen LogP contribution is 2.20. The molecule has 0 spiro atoms. The number of benzene rings is 3. The molecule has 162 valence electrons. The van der Waals surface area contributed by atoms with Gasteiger partial charge in [-0.3, -0.25) is 9.52 Å². The molecule has 2 N–H and O–H groups in total. The maximum absolute atomic E-state index is 12.5. The Morgan fingerprint density at radius 2 is 1.52 bits per heavy atom. The van der Waals surface area contributed by atoms with Crippen molar-refractivity contribution in [3.8, 4) is 11.5 Å². The molecule has 9 heteroatoms. The second-order valence-corrected chi connectivity index (χ2v) is 8.62. The van der Waals surface area contributed by atoms with Crippen molar-refractivity contribution in [3.63, 3.8) is 0 Å². The van der Waals surface area contributed by atoms with Crippen molar-refractivity contribution in [2.45, 2.75) is 11.4 Å². The summed E-state index contributed by atoms with van der Waals surface area (Å²) in [6.07, 6.45) is 0. The monoisotopic (exact) mass is 460 g/mol. The van der Waals surface area contributed by atoms with Crippen LogP contribution >= 0.6 is 11.6 Å². The Labute approximate surface area is 186 Å². The average Bonchev–Trinajstić information content (AvgIpc) is 2.78. The summed E-state index contributed by atoms with van der Waals surface area (Å²) in [7, 11) is -2.17. The third-order valence-electron chi connectivity index (χ3n) is 4.25. The topological polar surface area (TPSA) is 93.7 Å². The number of anilines is 1. The lowest BCUT2D eigenvalue weighted by Gasteiger charge is -2.10. The molecule has 1 amide bonds. The molecule has 3 rings (SSSR count). The minimum Gasteiger partial charge on any atom is -0.497 e. The second kappa shape index (κ2) is 10.2. The van der Waals surface area contributed by atoms with Crippen molar-refractivity contribution in [2.75, 3.05) is 18.4 Å². The third-order valence-corrected chi connectivity index (χ3v) is 5.90. The number of halogens is 1. The van der Waals surface area contributed by atoms with E-state index in [1.165, 1.54) is 24.3 Å². The van der Waals surface area contributed by atoms with Gasteiger partial charge in [-0.25, -0.2) is 8.42 Å². The van der Waals surface area contributed by atoms with E-state index in [9.17, 15) is 13.2 Å². The van der Waals surface area contributed by atoms with Crippen LogP contribution in [0.25, 0.3) is 0 Å². The van der Waals surface area contributed by atoms with Gasteiger partial charge < -0.3 is 14.8 Å². The fourth-order valence-corrected chi connectivity index (χ4v) is 3.78. The number of hydrogen-bond acceptors (Lipinski definition) is 5. The molecule has 0 aliphatic heterocycles. The van der Waals surface area contributed by atoms with Crippen molar-refractivity contribution >= 4 is 33.2 Å². The largest absolute Gasteiger partial charge is 0.497 e. The summed E-state index contributed by atoms with van der Waals surface area (Å²) in [5.74, 6) is 0.828. The Morgan fingerprint density at radius 1 is 0.903 bits per heavy atom. The Kier molecular flexibility index (Phi) is 7.38. The van der Waals surface area contributed by atoms with Gasteiger partial charge in [0.2, 0.25) is 0 Å². The summed E-state index contributed by atoms with van der Waals surface area (Å²) in [4.78, 5) is 12.1. The van der Waals surface area contributed by atoms with E-state index in [4.69, 9.17) is 21.1 Å². The number of nitrogens with one attached hydrogen (secondary N) is 2. The molecule has 0 saturated carbocycles. The number of amides is 1. The number of carbonyl (C=O) groups is 1. The zero-order valence-corrected chi connectivity index (χ0v) is 18.2. The van der Waals surface area contributed by atoms with Crippen LogP contribution in [0.2, 0.25) is 5.02 Å². The zero-order chi connectivity index (χ0) is 22.3. The van der Waals surface area contributed by atoms with Crippen LogP contribution in [0, 0.1) is 0 Å². The number of ether oxygens (including phenoxy) is 2. The highest BCUT2D eigenvalue weighted by Gasteiger charge is 2.14. The van der Waals surface area contributed by atoms with Gasteiger partial charge in [0.25, 0.3) is 15.9 Å². The molecular formula is C22H21ClN2O5S. The molecule has 0 unspecified atom stereocenters. The van der Waals surface area contributed by atoms with Gasteiger partial charge in [0.1, 0.15) is 11.5 Å². The van der Waals surface area contributed by atoms with Crippen LogP contribution in [0.4, 0.5) is 5.69 Å². The summed E-state index contributed by atoms with van der Waals surface area (Å²) in [6.45, 7) is 0.172. The zero-order valence-electron chi connectivity index (χ0n) is 16.7. The number of hydrogen-bond donors (Lipinski definition) is 2. The van der Waals surface area contributed by atoms with Crippen molar-refractivity contribution in [2.24, 2.45) is 0 Å². The quantitative estimate of drug-likeness (QED) is 0.506. The van der Waals surface area contributed by atoms with Gasteiger partial charge in [-0.2, -0.15) is 0 Å². The normalized spacial score (nSPS) is 10.9. The van der Waals surface area contributed by atoms with Gasteiger partial charge in [-0.15, -0.1) is 0 Å². The molecular weight excluding hydrogens is 440 g/mol. The lowest BCUT2D eigenvalue weighted by atomic mass is 10.2. The summed E-state index contributed by atoms with van der Waals surface area (Å²) in [5, 5.41) is 3.27. The van der Waals surface area contributed by atoms with Gasteiger partial charge in [0.15, 0.2) is 6.61 Å². The van der Waals surface area contributed by atoms with Crippen LogP contribution in [0.1, 0.15) is 5.56 Å². The van der Waals surface area contributed by atoms with Crippen LogP contribution < -0.4 is 19.5 Å². The van der Waals surface area contributed by atoms with Crippen LogP contribution in [-0.4, -0.2) is 28.0 Å². The minimum absolute atomic E-state index is 0.0683. The molecule has 0 aromatic heterocycles. The fraction of sp³-hybridized carbons (Fsp3) is 0.136. The van der Waals surface area contributed by atoms with E-state index in [1.54, 1.807) is 31.4 Å². The van der Waals surface area contributed by atoms with E-state index in [1.807, 2.05) is 24.3 Å². The first-order chi connectivity index (χ1) is 14.9. The molecule has 0 saturated heterocycles. The summed E-state index contributed by atoms with van der Waals surface area (Å²) in [5.41, 5.74) is 1.33. The van der Waals surface area contributed by atoms with Crippen LogP contribution in [0.5, 0.6) is 11.5 Å². The molecule has 0 radical (unpaired) electrons. The second-order valence-electron chi connectivity index (χ2n) is 6.50.